The van der Waals surface area contributed by atoms with E-state index in [2.05, 4.69) is 36.3 Å². The number of nitrogens with zero attached hydrogens (tertiary/aromatic N) is 2. The topological polar surface area (TPSA) is 18.5 Å². The normalized spacial score (nSPS) is 18.6. The van der Waals surface area contributed by atoms with E-state index in [1.54, 1.807) is 0 Å². The van der Waals surface area contributed by atoms with Crippen molar-refractivity contribution in [3.05, 3.63) is 0 Å². The molecule has 96 valence electrons. The van der Waals surface area contributed by atoms with Crippen LogP contribution in [-0.4, -0.2) is 63.2 Å². The minimum Gasteiger partial charge on any atom is -0.313 e. The van der Waals surface area contributed by atoms with Gasteiger partial charge in [-0.2, -0.15) is 0 Å². The summed E-state index contributed by atoms with van der Waals surface area (Å²) in [5.74, 6) is 0. The second kappa shape index (κ2) is 8.04. The molecule has 1 aliphatic rings. The quantitative estimate of drug-likeness (QED) is 0.709. The summed E-state index contributed by atoms with van der Waals surface area (Å²) in [5.41, 5.74) is 0. The Morgan fingerprint density at radius 2 is 1.62 bits per heavy atom. The Morgan fingerprint density at radius 3 is 2.25 bits per heavy atom. The molecular formula is C13H29N3. The maximum absolute atomic E-state index is 3.68. The first-order valence-corrected chi connectivity index (χ1v) is 6.75. The fourth-order valence-electron chi connectivity index (χ4n) is 2.25. The molecule has 1 fully saturated rings. The van der Waals surface area contributed by atoms with E-state index in [4.69, 9.17) is 0 Å². The van der Waals surface area contributed by atoms with E-state index in [0.717, 1.165) is 19.1 Å². The average molecular weight is 227 g/mol. The smallest absolute Gasteiger partial charge is 0.0107 e. The van der Waals surface area contributed by atoms with Crippen LogP contribution in [0.15, 0.2) is 0 Å². The summed E-state index contributed by atoms with van der Waals surface area (Å²) in [4.78, 5) is 4.65. The SMILES string of the molecule is CN(C)CCN(C)CCNC1CCCCC1. The zero-order valence-electron chi connectivity index (χ0n) is 11.3. The van der Waals surface area contributed by atoms with E-state index in [1.165, 1.54) is 45.2 Å². The van der Waals surface area contributed by atoms with Crippen LogP contribution in [0.3, 0.4) is 0 Å². The molecule has 1 saturated carbocycles. The molecule has 1 rings (SSSR count). The van der Waals surface area contributed by atoms with Crippen molar-refractivity contribution in [3.63, 3.8) is 0 Å². The lowest BCUT2D eigenvalue weighted by atomic mass is 9.95. The van der Waals surface area contributed by atoms with Crippen molar-refractivity contribution >= 4 is 0 Å². The first-order valence-electron chi connectivity index (χ1n) is 6.75. The number of rotatable bonds is 7. The molecule has 0 unspecified atom stereocenters. The zero-order chi connectivity index (χ0) is 11.8. The summed E-state index contributed by atoms with van der Waals surface area (Å²) < 4.78 is 0. The Hall–Kier alpha value is -0.120. The van der Waals surface area contributed by atoms with Crippen LogP contribution >= 0.6 is 0 Å². The van der Waals surface area contributed by atoms with Crippen LogP contribution in [-0.2, 0) is 0 Å². The van der Waals surface area contributed by atoms with Crippen molar-refractivity contribution in [3.8, 4) is 0 Å². The molecule has 3 nitrogen and oxygen atoms in total. The lowest BCUT2D eigenvalue weighted by Gasteiger charge is -2.25. The number of likely N-dealkylation sites (N-methyl/N-ethyl adjacent to an activating group) is 2. The van der Waals surface area contributed by atoms with Gasteiger partial charge in [0.15, 0.2) is 0 Å². The van der Waals surface area contributed by atoms with Gasteiger partial charge in [0, 0.05) is 32.2 Å². The molecule has 0 saturated heterocycles. The van der Waals surface area contributed by atoms with Gasteiger partial charge in [0.1, 0.15) is 0 Å². The van der Waals surface area contributed by atoms with Crippen molar-refractivity contribution < 1.29 is 0 Å². The Bertz CT molecular complexity index is 165. The first-order chi connectivity index (χ1) is 7.68. The highest BCUT2D eigenvalue weighted by molar-refractivity contribution is 4.72. The second-order valence-corrected chi connectivity index (χ2v) is 5.40. The fraction of sp³-hybridized carbons (Fsp3) is 1.00. The molecule has 0 amide bonds. The van der Waals surface area contributed by atoms with E-state index < -0.39 is 0 Å². The third kappa shape index (κ3) is 6.46. The molecule has 16 heavy (non-hydrogen) atoms. The van der Waals surface area contributed by atoms with E-state index in [9.17, 15) is 0 Å². The maximum Gasteiger partial charge on any atom is 0.0107 e. The molecule has 0 aromatic carbocycles. The lowest BCUT2D eigenvalue weighted by molar-refractivity contribution is 0.271. The van der Waals surface area contributed by atoms with Crippen LogP contribution in [0.1, 0.15) is 32.1 Å². The standard InChI is InChI=1S/C13H29N3/c1-15(2)11-12-16(3)10-9-14-13-7-5-4-6-8-13/h13-14H,4-12H2,1-3H3. The van der Waals surface area contributed by atoms with Gasteiger partial charge in [-0.3, -0.25) is 0 Å². The van der Waals surface area contributed by atoms with Crippen LogP contribution < -0.4 is 5.32 Å². The van der Waals surface area contributed by atoms with Gasteiger partial charge in [-0.25, -0.2) is 0 Å². The number of nitrogens with one attached hydrogen (secondary N) is 1. The van der Waals surface area contributed by atoms with Gasteiger partial charge in [-0.1, -0.05) is 19.3 Å². The number of hydrogen-bond donors (Lipinski definition) is 1. The molecule has 1 aliphatic carbocycles. The molecule has 1 N–H and O–H groups in total. The Balaban J connectivity index is 1.96. The third-order valence-corrected chi connectivity index (χ3v) is 3.46. The lowest BCUT2D eigenvalue weighted by Crippen LogP contribution is -2.38. The molecule has 0 aromatic rings. The van der Waals surface area contributed by atoms with Crippen molar-refractivity contribution in [2.45, 2.75) is 38.1 Å². The van der Waals surface area contributed by atoms with Gasteiger partial charge in [0.2, 0.25) is 0 Å². The first kappa shape index (κ1) is 13.9. The fourth-order valence-corrected chi connectivity index (χ4v) is 2.25. The van der Waals surface area contributed by atoms with Gasteiger partial charge < -0.3 is 15.1 Å². The highest BCUT2D eigenvalue weighted by Crippen LogP contribution is 2.16. The van der Waals surface area contributed by atoms with Crippen LogP contribution in [0.25, 0.3) is 0 Å². The van der Waals surface area contributed by atoms with E-state index in [0.29, 0.717) is 0 Å². The minimum absolute atomic E-state index is 0.802. The average Bonchev–Trinajstić information content (AvgIpc) is 2.28. The minimum atomic E-state index is 0.802. The molecule has 0 atom stereocenters. The summed E-state index contributed by atoms with van der Waals surface area (Å²) in [6.07, 6.45) is 7.08. The van der Waals surface area contributed by atoms with Gasteiger partial charge in [0.05, 0.1) is 0 Å². The van der Waals surface area contributed by atoms with Crippen molar-refractivity contribution in [1.82, 2.24) is 15.1 Å². The molecule has 0 radical (unpaired) electrons. The van der Waals surface area contributed by atoms with E-state index in [1.807, 2.05) is 0 Å². The van der Waals surface area contributed by atoms with E-state index >= 15 is 0 Å². The molecule has 0 heterocycles. The van der Waals surface area contributed by atoms with E-state index in [-0.39, 0.29) is 0 Å². The molecule has 0 spiro atoms. The van der Waals surface area contributed by atoms with Crippen LogP contribution in [0, 0.1) is 0 Å². The summed E-state index contributed by atoms with van der Waals surface area (Å²) in [6.45, 7) is 4.64. The molecule has 0 aromatic heterocycles. The summed E-state index contributed by atoms with van der Waals surface area (Å²) in [7, 11) is 6.48. The summed E-state index contributed by atoms with van der Waals surface area (Å²) in [6, 6.07) is 0.802. The Labute approximate surface area is 101 Å². The summed E-state index contributed by atoms with van der Waals surface area (Å²) in [5, 5.41) is 3.68. The van der Waals surface area contributed by atoms with Gasteiger partial charge in [0.25, 0.3) is 0 Å². The Kier molecular flexibility index (Phi) is 7.01. The van der Waals surface area contributed by atoms with Gasteiger partial charge >= 0.3 is 0 Å². The predicted octanol–water partition coefficient (Wildman–Crippen LogP) is 1.40. The van der Waals surface area contributed by atoms with Crippen molar-refractivity contribution in [2.24, 2.45) is 0 Å². The van der Waals surface area contributed by atoms with Crippen LogP contribution in [0.2, 0.25) is 0 Å². The van der Waals surface area contributed by atoms with Crippen molar-refractivity contribution in [1.29, 1.82) is 0 Å². The zero-order valence-corrected chi connectivity index (χ0v) is 11.3. The van der Waals surface area contributed by atoms with Gasteiger partial charge in [-0.15, -0.1) is 0 Å². The summed E-state index contributed by atoms with van der Waals surface area (Å²) >= 11 is 0. The van der Waals surface area contributed by atoms with Crippen LogP contribution in [0.4, 0.5) is 0 Å². The molecule has 0 aliphatic heterocycles. The highest BCUT2D eigenvalue weighted by atomic mass is 15.2. The molecule has 3 heteroatoms. The van der Waals surface area contributed by atoms with Crippen molar-refractivity contribution in [2.75, 3.05) is 47.3 Å². The Morgan fingerprint density at radius 1 is 0.938 bits per heavy atom. The van der Waals surface area contributed by atoms with Gasteiger partial charge in [-0.05, 0) is 34.0 Å². The predicted molar refractivity (Wildman–Crippen MR) is 70.9 cm³/mol. The number of hydrogen-bond acceptors (Lipinski definition) is 3. The largest absolute Gasteiger partial charge is 0.313 e. The highest BCUT2D eigenvalue weighted by Gasteiger charge is 2.12. The molecule has 0 bridgehead atoms. The molecular weight excluding hydrogens is 198 g/mol. The third-order valence-electron chi connectivity index (χ3n) is 3.46. The maximum atomic E-state index is 3.68. The monoisotopic (exact) mass is 227 g/mol. The van der Waals surface area contributed by atoms with Crippen LogP contribution in [0.5, 0.6) is 0 Å². The second-order valence-electron chi connectivity index (χ2n) is 5.40.